The smallest absolute Gasteiger partial charge is 0.423 e. The maximum absolute atomic E-state index is 10.6. The molecule has 0 saturated carbocycles. The molecule has 0 aromatic heterocycles. The van der Waals surface area contributed by atoms with E-state index in [4.69, 9.17) is 15.9 Å². The largest absolute Gasteiger partial charge is 0.510 e. The summed E-state index contributed by atoms with van der Waals surface area (Å²) in [5.41, 5.74) is -0.633. The monoisotopic (exact) mass is 154 g/mol. The van der Waals surface area contributed by atoms with E-state index >= 15 is 0 Å². The lowest BCUT2D eigenvalue weighted by Crippen LogP contribution is -2.34. The van der Waals surface area contributed by atoms with Crippen LogP contribution >= 0.6 is 0 Å². The highest BCUT2D eigenvalue weighted by Gasteiger charge is 2.45. The Labute approximate surface area is 65.7 Å². The summed E-state index contributed by atoms with van der Waals surface area (Å²) in [7, 11) is 0. The Balaban J connectivity index is 2.81. The third kappa shape index (κ3) is 1.16. The van der Waals surface area contributed by atoms with Gasteiger partial charge in [0.15, 0.2) is 5.60 Å². The summed E-state index contributed by atoms with van der Waals surface area (Å²) >= 11 is 0. The van der Waals surface area contributed by atoms with Crippen LogP contribution in [0.5, 0.6) is 0 Å². The standard InChI is InChI=1S/C8H10O3/c1-4-6-8(3,5-2)11-7(9)10-6/h1,6H,5H2,2-3H3. The fourth-order valence-electron chi connectivity index (χ4n) is 0.957. The first-order valence-electron chi connectivity index (χ1n) is 3.48. The van der Waals surface area contributed by atoms with Crippen molar-refractivity contribution in [3.05, 3.63) is 0 Å². The van der Waals surface area contributed by atoms with E-state index in [1.807, 2.05) is 6.92 Å². The van der Waals surface area contributed by atoms with Crippen LogP contribution in [0.25, 0.3) is 0 Å². The van der Waals surface area contributed by atoms with E-state index in [0.29, 0.717) is 6.42 Å². The van der Waals surface area contributed by atoms with E-state index in [1.54, 1.807) is 6.92 Å². The quantitative estimate of drug-likeness (QED) is 0.422. The van der Waals surface area contributed by atoms with Crippen LogP contribution in [0.15, 0.2) is 0 Å². The highest BCUT2D eigenvalue weighted by atomic mass is 16.8. The minimum Gasteiger partial charge on any atom is -0.423 e. The molecule has 1 fully saturated rings. The summed E-state index contributed by atoms with van der Waals surface area (Å²) in [6.07, 6.45) is 4.59. The lowest BCUT2D eigenvalue weighted by molar-refractivity contribution is 0.0586. The number of ether oxygens (including phenoxy) is 2. The van der Waals surface area contributed by atoms with Gasteiger partial charge in [0.05, 0.1) is 0 Å². The molecule has 0 N–H and O–H groups in total. The molecule has 1 rings (SSSR count). The summed E-state index contributed by atoms with van der Waals surface area (Å²) in [6, 6.07) is 0. The van der Waals surface area contributed by atoms with E-state index in [-0.39, 0.29) is 0 Å². The van der Waals surface area contributed by atoms with E-state index in [9.17, 15) is 4.79 Å². The second-order valence-corrected chi connectivity index (χ2v) is 2.68. The van der Waals surface area contributed by atoms with Crippen molar-refractivity contribution in [2.45, 2.75) is 32.0 Å². The molecule has 0 radical (unpaired) electrons. The minimum atomic E-state index is -0.669. The molecule has 1 heterocycles. The van der Waals surface area contributed by atoms with Crippen LogP contribution in [0.4, 0.5) is 4.79 Å². The molecule has 0 aliphatic carbocycles. The lowest BCUT2D eigenvalue weighted by atomic mass is 9.97. The number of cyclic esters (lactones) is 2. The van der Waals surface area contributed by atoms with Crippen molar-refractivity contribution in [2.24, 2.45) is 0 Å². The molecule has 3 nitrogen and oxygen atoms in total. The molecule has 2 unspecified atom stereocenters. The molecule has 0 aromatic rings. The molecular formula is C8H10O3. The van der Waals surface area contributed by atoms with Gasteiger partial charge in [0.25, 0.3) is 0 Å². The van der Waals surface area contributed by atoms with Gasteiger partial charge in [-0.05, 0) is 13.3 Å². The fraction of sp³-hybridized carbons (Fsp3) is 0.625. The van der Waals surface area contributed by atoms with Gasteiger partial charge < -0.3 is 9.47 Å². The van der Waals surface area contributed by atoms with Crippen molar-refractivity contribution in [2.75, 3.05) is 0 Å². The third-order valence-corrected chi connectivity index (χ3v) is 1.94. The summed E-state index contributed by atoms with van der Waals surface area (Å²) in [6.45, 7) is 3.66. The van der Waals surface area contributed by atoms with Crippen molar-refractivity contribution in [1.29, 1.82) is 0 Å². The summed E-state index contributed by atoms with van der Waals surface area (Å²) < 4.78 is 9.62. The van der Waals surface area contributed by atoms with Crippen LogP contribution < -0.4 is 0 Å². The Kier molecular flexibility index (Phi) is 1.77. The topological polar surface area (TPSA) is 35.5 Å². The molecule has 1 saturated heterocycles. The van der Waals surface area contributed by atoms with Crippen molar-refractivity contribution in [1.82, 2.24) is 0 Å². The Morgan fingerprint density at radius 2 is 2.45 bits per heavy atom. The van der Waals surface area contributed by atoms with E-state index in [0.717, 1.165) is 0 Å². The number of hydrogen-bond acceptors (Lipinski definition) is 3. The highest BCUT2D eigenvalue weighted by molar-refractivity contribution is 5.64. The Morgan fingerprint density at radius 3 is 2.82 bits per heavy atom. The molecule has 0 aromatic carbocycles. The minimum absolute atomic E-state index is 0.542. The zero-order chi connectivity index (χ0) is 8.48. The molecule has 0 bridgehead atoms. The van der Waals surface area contributed by atoms with E-state index < -0.39 is 17.9 Å². The van der Waals surface area contributed by atoms with E-state index in [1.165, 1.54) is 0 Å². The number of carbonyl (C=O) groups is 1. The van der Waals surface area contributed by atoms with E-state index in [2.05, 4.69) is 5.92 Å². The number of rotatable bonds is 1. The predicted molar refractivity (Wildman–Crippen MR) is 38.9 cm³/mol. The van der Waals surface area contributed by atoms with Gasteiger partial charge in [0, 0.05) is 0 Å². The van der Waals surface area contributed by atoms with Gasteiger partial charge in [0.1, 0.15) is 0 Å². The van der Waals surface area contributed by atoms with Gasteiger partial charge in [-0.25, -0.2) is 4.79 Å². The van der Waals surface area contributed by atoms with Gasteiger partial charge in [-0.3, -0.25) is 0 Å². The highest BCUT2D eigenvalue weighted by Crippen LogP contribution is 2.29. The summed E-state index contributed by atoms with van der Waals surface area (Å²) in [5, 5.41) is 0. The number of hydrogen-bond donors (Lipinski definition) is 0. The second kappa shape index (κ2) is 2.46. The normalized spacial score (nSPS) is 35.7. The zero-order valence-electron chi connectivity index (χ0n) is 6.59. The van der Waals surface area contributed by atoms with Gasteiger partial charge in [-0.1, -0.05) is 12.8 Å². The first-order valence-corrected chi connectivity index (χ1v) is 3.48. The molecule has 11 heavy (non-hydrogen) atoms. The second-order valence-electron chi connectivity index (χ2n) is 2.68. The Hall–Kier alpha value is -1.17. The van der Waals surface area contributed by atoms with Crippen LogP contribution in [-0.2, 0) is 9.47 Å². The van der Waals surface area contributed by atoms with Gasteiger partial charge in [0.2, 0.25) is 6.10 Å². The van der Waals surface area contributed by atoms with Crippen LogP contribution in [0.2, 0.25) is 0 Å². The predicted octanol–water partition coefficient (Wildman–Crippen LogP) is 1.32. The summed E-state index contributed by atoms with van der Waals surface area (Å²) in [5.74, 6) is 2.37. The van der Waals surface area contributed by atoms with Crippen molar-refractivity contribution in [3.8, 4) is 12.3 Å². The van der Waals surface area contributed by atoms with Crippen LogP contribution in [-0.4, -0.2) is 17.9 Å². The van der Waals surface area contributed by atoms with Gasteiger partial charge in [-0.2, -0.15) is 0 Å². The molecule has 3 heteroatoms. The average molecular weight is 154 g/mol. The van der Waals surface area contributed by atoms with Crippen molar-refractivity contribution < 1.29 is 14.3 Å². The maximum atomic E-state index is 10.6. The Bertz CT molecular complexity index is 216. The summed E-state index contributed by atoms with van der Waals surface area (Å²) in [4.78, 5) is 10.6. The fourth-order valence-corrected chi connectivity index (χ4v) is 0.957. The lowest BCUT2D eigenvalue weighted by Gasteiger charge is -2.20. The van der Waals surface area contributed by atoms with Crippen molar-refractivity contribution >= 4 is 6.16 Å². The van der Waals surface area contributed by atoms with Crippen molar-refractivity contribution in [3.63, 3.8) is 0 Å². The molecule has 0 amide bonds. The number of carbonyl (C=O) groups excluding carboxylic acids is 1. The van der Waals surface area contributed by atoms with Crippen LogP contribution in [0.3, 0.4) is 0 Å². The van der Waals surface area contributed by atoms with Gasteiger partial charge >= 0.3 is 6.16 Å². The first kappa shape index (κ1) is 7.93. The zero-order valence-corrected chi connectivity index (χ0v) is 6.59. The van der Waals surface area contributed by atoms with Crippen LogP contribution in [0, 0.1) is 12.3 Å². The molecule has 0 spiro atoms. The van der Waals surface area contributed by atoms with Crippen LogP contribution in [0.1, 0.15) is 20.3 Å². The third-order valence-electron chi connectivity index (χ3n) is 1.94. The molecule has 2 atom stereocenters. The maximum Gasteiger partial charge on any atom is 0.510 e. The number of terminal acetylenes is 1. The van der Waals surface area contributed by atoms with Gasteiger partial charge in [-0.15, -0.1) is 6.42 Å². The Morgan fingerprint density at radius 1 is 1.82 bits per heavy atom. The average Bonchev–Trinajstić information content (AvgIpc) is 2.27. The SMILES string of the molecule is C#CC1OC(=O)OC1(C)CC. The first-order chi connectivity index (χ1) is 5.12. The molecule has 1 aliphatic heterocycles. The molecular weight excluding hydrogens is 144 g/mol. The molecule has 60 valence electrons. The molecule has 1 aliphatic rings.